The van der Waals surface area contributed by atoms with Gasteiger partial charge in [-0.1, -0.05) is 26.8 Å². The zero-order chi connectivity index (χ0) is 23.1. The Morgan fingerprint density at radius 2 is 1.91 bits per heavy atom. The number of benzene rings is 2. The predicted molar refractivity (Wildman–Crippen MR) is 128 cm³/mol. The summed E-state index contributed by atoms with van der Waals surface area (Å²) in [6.07, 6.45) is 3.06. The number of nitriles is 1. The van der Waals surface area contributed by atoms with Crippen LogP contribution in [0.4, 0.5) is 17.1 Å². The van der Waals surface area contributed by atoms with Crippen molar-refractivity contribution in [2.24, 2.45) is 0 Å². The van der Waals surface area contributed by atoms with E-state index >= 15 is 0 Å². The summed E-state index contributed by atoms with van der Waals surface area (Å²) in [5.74, 6) is -0.810. The lowest BCUT2D eigenvalue weighted by Gasteiger charge is -2.38. The Morgan fingerprint density at radius 1 is 1.22 bits per heavy atom. The molecule has 170 valence electrons. The highest BCUT2D eigenvalue weighted by Gasteiger charge is 2.27. The number of nitrogens with zero attached hydrogens (tertiary/aromatic N) is 2. The summed E-state index contributed by atoms with van der Waals surface area (Å²) in [5.41, 5.74) is 4.04. The summed E-state index contributed by atoms with van der Waals surface area (Å²) < 4.78 is 5.59. The molecule has 2 N–H and O–H groups in total. The fourth-order valence-corrected chi connectivity index (χ4v) is 4.31. The van der Waals surface area contributed by atoms with Gasteiger partial charge in [-0.05, 0) is 61.2 Å². The number of ether oxygens (including phenoxy) is 1. The second-order valence-corrected chi connectivity index (χ2v) is 9.04. The van der Waals surface area contributed by atoms with E-state index in [1.165, 1.54) is 0 Å². The maximum Gasteiger partial charge on any atom is 0.304 e. The van der Waals surface area contributed by atoms with Gasteiger partial charge in [-0.3, -0.25) is 4.79 Å². The van der Waals surface area contributed by atoms with E-state index in [-0.39, 0.29) is 6.42 Å². The first-order valence-corrected chi connectivity index (χ1v) is 11.3. The zero-order valence-corrected chi connectivity index (χ0v) is 19.2. The Hall–Kier alpha value is -3.04. The second kappa shape index (κ2) is 10.5. The minimum atomic E-state index is -0.810. The molecule has 1 saturated heterocycles. The minimum Gasteiger partial charge on any atom is -0.481 e. The van der Waals surface area contributed by atoms with Crippen molar-refractivity contribution in [3.8, 4) is 6.07 Å². The van der Waals surface area contributed by atoms with Gasteiger partial charge in [0.2, 0.25) is 0 Å². The Kier molecular flexibility index (Phi) is 7.76. The molecular formula is C26H33N3O3. The van der Waals surface area contributed by atoms with Crippen molar-refractivity contribution in [1.29, 1.82) is 5.26 Å². The van der Waals surface area contributed by atoms with Crippen molar-refractivity contribution in [3.63, 3.8) is 0 Å². The van der Waals surface area contributed by atoms with Crippen molar-refractivity contribution < 1.29 is 14.6 Å². The molecule has 2 aromatic carbocycles. The Balaban J connectivity index is 2.03. The number of aliphatic carboxylic acids is 1. The van der Waals surface area contributed by atoms with E-state index in [9.17, 15) is 9.90 Å². The quantitative estimate of drug-likeness (QED) is 0.545. The molecule has 0 saturated carbocycles. The number of carboxylic acids is 1. The number of carbonyl (C=O) groups is 1. The van der Waals surface area contributed by atoms with Gasteiger partial charge in [-0.2, -0.15) is 5.26 Å². The minimum absolute atomic E-state index is 0.0568. The SMILES string of the molecule is CCCN(c1ccc(C(C)(C)CC(=O)O)cc1Nc1ccc(C#N)cc1)C1CCOCC1. The van der Waals surface area contributed by atoms with E-state index in [0.717, 1.165) is 61.6 Å². The molecule has 32 heavy (non-hydrogen) atoms. The average molecular weight is 436 g/mol. The fraction of sp³-hybridized carbons (Fsp3) is 0.462. The van der Waals surface area contributed by atoms with Gasteiger partial charge in [0, 0.05) is 36.9 Å². The molecule has 3 rings (SSSR count). The van der Waals surface area contributed by atoms with Crippen molar-refractivity contribution in [1.82, 2.24) is 0 Å². The van der Waals surface area contributed by atoms with Gasteiger partial charge in [-0.15, -0.1) is 0 Å². The lowest BCUT2D eigenvalue weighted by atomic mass is 9.81. The van der Waals surface area contributed by atoms with Crippen LogP contribution >= 0.6 is 0 Å². The molecule has 0 spiro atoms. The largest absolute Gasteiger partial charge is 0.481 e. The molecule has 0 atom stereocenters. The van der Waals surface area contributed by atoms with E-state index in [0.29, 0.717) is 11.6 Å². The summed E-state index contributed by atoms with van der Waals surface area (Å²) in [7, 11) is 0. The van der Waals surface area contributed by atoms with Crippen LogP contribution in [0.1, 0.15) is 57.6 Å². The molecular weight excluding hydrogens is 402 g/mol. The van der Waals surface area contributed by atoms with Gasteiger partial charge in [0.15, 0.2) is 0 Å². The van der Waals surface area contributed by atoms with E-state index < -0.39 is 11.4 Å². The smallest absolute Gasteiger partial charge is 0.304 e. The number of nitrogens with one attached hydrogen (secondary N) is 1. The van der Waals surface area contributed by atoms with Crippen LogP contribution in [0.2, 0.25) is 0 Å². The molecule has 2 aromatic rings. The highest BCUT2D eigenvalue weighted by atomic mass is 16.5. The van der Waals surface area contributed by atoms with E-state index in [2.05, 4.69) is 41.4 Å². The first-order chi connectivity index (χ1) is 15.3. The number of carboxylic acid groups (broad SMARTS) is 1. The Labute approximate surface area is 190 Å². The van der Waals surface area contributed by atoms with Gasteiger partial charge >= 0.3 is 5.97 Å². The van der Waals surface area contributed by atoms with Crippen molar-refractivity contribution >= 4 is 23.0 Å². The summed E-state index contributed by atoms with van der Waals surface area (Å²) in [5, 5.41) is 22.0. The van der Waals surface area contributed by atoms with Gasteiger partial charge < -0.3 is 20.1 Å². The summed E-state index contributed by atoms with van der Waals surface area (Å²) >= 11 is 0. The van der Waals surface area contributed by atoms with Gasteiger partial charge in [-0.25, -0.2) is 0 Å². The third kappa shape index (κ3) is 5.80. The molecule has 0 aromatic heterocycles. The normalized spacial score (nSPS) is 14.6. The van der Waals surface area contributed by atoms with Crippen LogP contribution < -0.4 is 10.2 Å². The third-order valence-electron chi connectivity index (χ3n) is 6.07. The fourth-order valence-electron chi connectivity index (χ4n) is 4.31. The van der Waals surface area contributed by atoms with Crippen LogP contribution in [0.15, 0.2) is 42.5 Å². The van der Waals surface area contributed by atoms with Crippen LogP contribution in [0.3, 0.4) is 0 Å². The molecule has 0 radical (unpaired) electrons. The molecule has 6 heteroatoms. The number of hydrogen-bond donors (Lipinski definition) is 2. The van der Waals surface area contributed by atoms with Crippen LogP contribution in [-0.4, -0.2) is 36.9 Å². The maximum absolute atomic E-state index is 11.4. The monoisotopic (exact) mass is 435 g/mol. The van der Waals surface area contributed by atoms with E-state index in [1.807, 2.05) is 26.0 Å². The van der Waals surface area contributed by atoms with Crippen LogP contribution in [0.5, 0.6) is 0 Å². The Morgan fingerprint density at radius 3 is 2.50 bits per heavy atom. The maximum atomic E-state index is 11.4. The predicted octanol–water partition coefficient (Wildman–Crippen LogP) is 5.45. The number of anilines is 3. The van der Waals surface area contributed by atoms with Crippen LogP contribution in [0.25, 0.3) is 0 Å². The van der Waals surface area contributed by atoms with Crippen molar-refractivity contribution in [2.45, 2.75) is 57.9 Å². The zero-order valence-electron chi connectivity index (χ0n) is 19.2. The lowest BCUT2D eigenvalue weighted by Crippen LogP contribution is -2.40. The van der Waals surface area contributed by atoms with E-state index in [1.54, 1.807) is 12.1 Å². The molecule has 1 fully saturated rings. The first-order valence-electron chi connectivity index (χ1n) is 11.3. The molecule has 0 unspecified atom stereocenters. The van der Waals surface area contributed by atoms with Crippen LogP contribution in [-0.2, 0) is 14.9 Å². The van der Waals surface area contributed by atoms with Gasteiger partial charge in [0.25, 0.3) is 0 Å². The molecule has 0 amide bonds. The summed E-state index contributed by atoms with van der Waals surface area (Å²) in [6.45, 7) is 8.59. The van der Waals surface area contributed by atoms with Crippen molar-refractivity contribution in [3.05, 3.63) is 53.6 Å². The van der Waals surface area contributed by atoms with Gasteiger partial charge in [0.1, 0.15) is 0 Å². The molecule has 0 aliphatic carbocycles. The molecule has 1 aliphatic heterocycles. The first kappa shape index (κ1) is 23.6. The summed E-state index contributed by atoms with van der Waals surface area (Å²) in [4.78, 5) is 13.9. The number of rotatable bonds is 9. The molecule has 0 bridgehead atoms. The number of hydrogen-bond acceptors (Lipinski definition) is 5. The Bertz CT molecular complexity index is 957. The second-order valence-electron chi connectivity index (χ2n) is 9.04. The molecule has 6 nitrogen and oxygen atoms in total. The molecule has 1 heterocycles. The average Bonchev–Trinajstić information content (AvgIpc) is 2.78. The molecule has 1 aliphatic rings. The van der Waals surface area contributed by atoms with Gasteiger partial charge in [0.05, 0.1) is 29.4 Å². The summed E-state index contributed by atoms with van der Waals surface area (Å²) in [6, 6.07) is 16.2. The van der Waals surface area contributed by atoms with Crippen molar-refractivity contribution in [2.75, 3.05) is 30.0 Å². The lowest BCUT2D eigenvalue weighted by molar-refractivity contribution is -0.138. The van der Waals surface area contributed by atoms with E-state index in [4.69, 9.17) is 10.00 Å². The highest BCUT2D eigenvalue weighted by Crippen LogP contribution is 2.37. The highest BCUT2D eigenvalue weighted by molar-refractivity contribution is 5.77. The third-order valence-corrected chi connectivity index (χ3v) is 6.07. The topological polar surface area (TPSA) is 85.6 Å². The van der Waals surface area contributed by atoms with Crippen LogP contribution in [0, 0.1) is 11.3 Å². The standard InChI is InChI=1S/C26H33N3O3/c1-4-13-29(22-11-14-32-15-12-22)24-10-7-20(26(2,3)17-25(30)31)16-23(24)28-21-8-5-19(18-27)6-9-21/h5-10,16,22,28H,4,11-15,17H2,1-3H3,(H,30,31).